The summed E-state index contributed by atoms with van der Waals surface area (Å²) in [6.07, 6.45) is 1.18. The van der Waals surface area contributed by atoms with Crippen molar-refractivity contribution in [3.8, 4) is 0 Å². The first-order chi connectivity index (χ1) is 11.0. The molecule has 0 bridgehead atoms. The minimum atomic E-state index is -1.22. The van der Waals surface area contributed by atoms with Gasteiger partial charge in [-0.2, -0.15) is 0 Å². The Bertz CT molecular complexity index is 647. The molecule has 2 rings (SSSR count). The van der Waals surface area contributed by atoms with Crippen molar-refractivity contribution in [1.29, 1.82) is 0 Å². The number of carbonyl (C=O) groups is 1. The average Bonchev–Trinajstić information content (AvgIpc) is 2.53. The van der Waals surface area contributed by atoms with Gasteiger partial charge in [0.2, 0.25) is 5.91 Å². The van der Waals surface area contributed by atoms with Crippen molar-refractivity contribution in [2.45, 2.75) is 31.9 Å². The third-order valence-electron chi connectivity index (χ3n) is 3.49. The highest BCUT2D eigenvalue weighted by atomic mass is 35.5. The number of aromatic nitrogens is 1. The summed E-state index contributed by atoms with van der Waals surface area (Å²) in [5.41, 5.74) is 0.805. The van der Waals surface area contributed by atoms with Crippen molar-refractivity contribution in [3.05, 3.63) is 64.7 Å². The van der Waals surface area contributed by atoms with Crippen LogP contribution in [0.25, 0.3) is 0 Å². The van der Waals surface area contributed by atoms with Gasteiger partial charge in [0.1, 0.15) is 11.9 Å². The molecule has 1 aromatic carbocycles. The number of carbonyl (C=O) groups excluding carboxylic acids is 1. The minimum Gasteiger partial charge on any atom is -0.386 e. The van der Waals surface area contributed by atoms with Crippen LogP contribution in [-0.4, -0.2) is 22.0 Å². The molecule has 1 aromatic heterocycles. The van der Waals surface area contributed by atoms with Gasteiger partial charge in [-0.15, -0.1) is 0 Å². The predicted molar refractivity (Wildman–Crippen MR) is 86.5 cm³/mol. The van der Waals surface area contributed by atoms with Gasteiger partial charge >= 0.3 is 0 Å². The molecular formula is C17H18ClFN2O2. The summed E-state index contributed by atoms with van der Waals surface area (Å²) < 4.78 is 13.8. The average molecular weight is 337 g/mol. The van der Waals surface area contributed by atoms with Gasteiger partial charge < -0.3 is 10.4 Å². The molecule has 0 aliphatic carbocycles. The molecule has 2 unspecified atom stereocenters. The minimum absolute atomic E-state index is 0.00769. The lowest BCUT2D eigenvalue weighted by atomic mass is 10.0. The van der Waals surface area contributed by atoms with E-state index in [2.05, 4.69) is 10.3 Å². The summed E-state index contributed by atoms with van der Waals surface area (Å²) in [5, 5.41) is 13.0. The van der Waals surface area contributed by atoms with Crippen molar-refractivity contribution < 1.29 is 14.3 Å². The molecule has 0 saturated heterocycles. The van der Waals surface area contributed by atoms with E-state index in [1.54, 1.807) is 19.2 Å². The molecule has 2 atom stereocenters. The largest absolute Gasteiger partial charge is 0.386 e. The van der Waals surface area contributed by atoms with Crippen LogP contribution in [0.2, 0.25) is 5.02 Å². The first-order valence-corrected chi connectivity index (χ1v) is 7.68. The molecule has 0 saturated carbocycles. The Morgan fingerprint density at radius 3 is 2.78 bits per heavy atom. The lowest BCUT2D eigenvalue weighted by molar-refractivity contribution is -0.122. The first kappa shape index (κ1) is 17.4. The van der Waals surface area contributed by atoms with Crippen LogP contribution in [-0.2, 0) is 11.2 Å². The highest BCUT2D eigenvalue weighted by Gasteiger charge is 2.23. The Balaban J connectivity index is 1.93. The number of rotatable bonds is 6. The second kappa shape index (κ2) is 8.04. The summed E-state index contributed by atoms with van der Waals surface area (Å²) in [6.45, 7) is 1.60. The van der Waals surface area contributed by atoms with E-state index in [-0.39, 0.29) is 22.9 Å². The number of pyridine rings is 1. The SMILES string of the molecule is CC(NC(=O)CCc1ccccn1)C(O)c1c(F)cccc1Cl. The Morgan fingerprint density at radius 2 is 2.13 bits per heavy atom. The molecule has 1 amide bonds. The third kappa shape index (κ3) is 4.74. The number of nitrogens with one attached hydrogen (secondary N) is 1. The van der Waals surface area contributed by atoms with E-state index in [1.165, 1.54) is 18.2 Å². The fourth-order valence-corrected chi connectivity index (χ4v) is 2.51. The maximum absolute atomic E-state index is 13.8. The molecule has 0 spiro atoms. The van der Waals surface area contributed by atoms with E-state index < -0.39 is 18.0 Å². The van der Waals surface area contributed by atoms with Crippen molar-refractivity contribution >= 4 is 17.5 Å². The van der Waals surface area contributed by atoms with E-state index >= 15 is 0 Å². The zero-order valence-electron chi connectivity index (χ0n) is 12.7. The van der Waals surface area contributed by atoms with Crippen LogP contribution in [0.3, 0.4) is 0 Å². The van der Waals surface area contributed by atoms with Gasteiger partial charge in [-0.3, -0.25) is 9.78 Å². The van der Waals surface area contributed by atoms with Crippen molar-refractivity contribution in [3.63, 3.8) is 0 Å². The number of aliphatic hydroxyl groups is 1. The number of benzene rings is 1. The molecule has 4 nitrogen and oxygen atoms in total. The highest BCUT2D eigenvalue weighted by molar-refractivity contribution is 6.31. The summed E-state index contributed by atoms with van der Waals surface area (Å²) in [7, 11) is 0. The summed E-state index contributed by atoms with van der Waals surface area (Å²) in [5.74, 6) is -0.839. The van der Waals surface area contributed by atoms with Crippen LogP contribution >= 0.6 is 11.6 Å². The van der Waals surface area contributed by atoms with E-state index in [0.29, 0.717) is 6.42 Å². The van der Waals surface area contributed by atoms with Crippen LogP contribution in [0.15, 0.2) is 42.6 Å². The smallest absolute Gasteiger partial charge is 0.220 e. The summed E-state index contributed by atoms with van der Waals surface area (Å²) in [4.78, 5) is 16.1. The standard InChI is InChI=1S/C17H18ClFN2O2/c1-11(17(23)16-13(18)6-4-7-14(16)19)21-15(22)9-8-12-5-2-3-10-20-12/h2-7,10-11,17,23H,8-9H2,1H3,(H,21,22). The Labute approximate surface area is 139 Å². The molecule has 122 valence electrons. The number of aliphatic hydroxyl groups excluding tert-OH is 1. The molecule has 0 radical (unpaired) electrons. The van der Waals surface area contributed by atoms with E-state index in [4.69, 9.17) is 11.6 Å². The fraction of sp³-hybridized carbons (Fsp3) is 0.294. The van der Waals surface area contributed by atoms with Gasteiger partial charge in [0, 0.05) is 28.9 Å². The number of halogens is 2. The third-order valence-corrected chi connectivity index (χ3v) is 3.82. The molecule has 0 aliphatic heterocycles. The molecule has 0 aliphatic rings. The highest BCUT2D eigenvalue weighted by Crippen LogP contribution is 2.27. The zero-order valence-corrected chi connectivity index (χ0v) is 13.4. The van der Waals surface area contributed by atoms with Crippen LogP contribution in [0.5, 0.6) is 0 Å². The molecule has 6 heteroatoms. The van der Waals surface area contributed by atoms with Crippen LogP contribution in [0, 0.1) is 5.82 Å². The van der Waals surface area contributed by atoms with E-state index in [0.717, 1.165) is 5.69 Å². The van der Waals surface area contributed by atoms with Crippen molar-refractivity contribution in [1.82, 2.24) is 10.3 Å². The normalized spacial score (nSPS) is 13.4. The first-order valence-electron chi connectivity index (χ1n) is 7.30. The number of hydrogen-bond donors (Lipinski definition) is 2. The monoisotopic (exact) mass is 336 g/mol. The predicted octanol–water partition coefficient (Wildman–Crippen LogP) is 3.05. The van der Waals surface area contributed by atoms with Crippen LogP contribution < -0.4 is 5.32 Å². The fourth-order valence-electron chi connectivity index (χ4n) is 2.24. The molecule has 2 aromatic rings. The topological polar surface area (TPSA) is 62.2 Å². The van der Waals surface area contributed by atoms with Gasteiger partial charge in [0.25, 0.3) is 0 Å². The quantitative estimate of drug-likeness (QED) is 0.852. The van der Waals surface area contributed by atoms with Crippen LogP contribution in [0.1, 0.15) is 30.7 Å². The van der Waals surface area contributed by atoms with E-state index in [1.807, 2.05) is 12.1 Å². The molecule has 23 heavy (non-hydrogen) atoms. The number of hydrogen-bond acceptors (Lipinski definition) is 3. The van der Waals surface area contributed by atoms with Gasteiger partial charge in [0.15, 0.2) is 0 Å². The lowest BCUT2D eigenvalue weighted by Crippen LogP contribution is -2.37. The van der Waals surface area contributed by atoms with Crippen molar-refractivity contribution in [2.75, 3.05) is 0 Å². The summed E-state index contributed by atoms with van der Waals surface area (Å²) in [6, 6.07) is 9.01. The zero-order chi connectivity index (χ0) is 16.8. The van der Waals surface area contributed by atoms with Gasteiger partial charge in [0.05, 0.1) is 6.04 Å². The molecule has 1 heterocycles. The maximum Gasteiger partial charge on any atom is 0.220 e. The second-order valence-corrected chi connectivity index (χ2v) is 5.66. The lowest BCUT2D eigenvalue weighted by Gasteiger charge is -2.22. The molecule has 0 fully saturated rings. The van der Waals surface area contributed by atoms with Crippen LogP contribution in [0.4, 0.5) is 4.39 Å². The number of amides is 1. The van der Waals surface area contributed by atoms with Gasteiger partial charge in [-0.25, -0.2) is 4.39 Å². The maximum atomic E-state index is 13.8. The number of nitrogens with zero attached hydrogens (tertiary/aromatic N) is 1. The van der Waals surface area contributed by atoms with E-state index in [9.17, 15) is 14.3 Å². The number of aryl methyl sites for hydroxylation is 1. The summed E-state index contributed by atoms with van der Waals surface area (Å²) >= 11 is 5.93. The Hall–Kier alpha value is -1.98. The van der Waals surface area contributed by atoms with Gasteiger partial charge in [-0.1, -0.05) is 23.7 Å². The Morgan fingerprint density at radius 1 is 1.35 bits per heavy atom. The van der Waals surface area contributed by atoms with Crippen molar-refractivity contribution in [2.24, 2.45) is 0 Å². The molecule has 2 N–H and O–H groups in total. The molecular weight excluding hydrogens is 319 g/mol. The van der Waals surface area contributed by atoms with Gasteiger partial charge in [-0.05, 0) is 37.6 Å². The second-order valence-electron chi connectivity index (χ2n) is 5.26. The Kier molecular flexibility index (Phi) is 6.07.